The lowest BCUT2D eigenvalue weighted by molar-refractivity contribution is 0.417. The first-order valence-corrected chi connectivity index (χ1v) is 5.69. The molecule has 0 amide bonds. The number of anilines is 1. The molecule has 0 atom stereocenters. The van der Waals surface area contributed by atoms with Crippen molar-refractivity contribution in [2.24, 2.45) is 0 Å². The van der Waals surface area contributed by atoms with Gasteiger partial charge in [0.15, 0.2) is 0 Å². The van der Waals surface area contributed by atoms with E-state index in [1.54, 1.807) is 7.11 Å². The van der Waals surface area contributed by atoms with Gasteiger partial charge in [0.25, 0.3) is 0 Å². The van der Waals surface area contributed by atoms with E-state index in [4.69, 9.17) is 22.1 Å². The molecule has 0 aromatic heterocycles. The van der Waals surface area contributed by atoms with Gasteiger partial charge in [-0.1, -0.05) is 23.7 Å². The van der Waals surface area contributed by atoms with Crippen LogP contribution in [0, 0.1) is 6.92 Å². The van der Waals surface area contributed by atoms with Crippen molar-refractivity contribution in [3.63, 3.8) is 0 Å². The molecule has 2 nitrogen and oxygen atoms in total. The van der Waals surface area contributed by atoms with Gasteiger partial charge >= 0.3 is 0 Å². The number of benzene rings is 2. The largest absolute Gasteiger partial charge is 0.495 e. The van der Waals surface area contributed by atoms with Crippen LogP contribution >= 0.6 is 11.6 Å². The normalized spacial score (nSPS) is 10.3. The molecule has 0 saturated carbocycles. The Morgan fingerprint density at radius 2 is 1.71 bits per heavy atom. The van der Waals surface area contributed by atoms with Crippen molar-refractivity contribution in [2.75, 3.05) is 12.8 Å². The first kappa shape index (κ1) is 11.8. The molecule has 3 heteroatoms. The standard InChI is InChI=1S/C14H14ClNO/c1-9-7-10(3-5-12(9)15)11-4-6-14(17-2)13(16)8-11/h3-8H,16H2,1-2H3. The Bertz CT molecular complexity index is 552. The summed E-state index contributed by atoms with van der Waals surface area (Å²) in [7, 11) is 1.61. The second-order valence-corrected chi connectivity index (χ2v) is 4.33. The minimum absolute atomic E-state index is 0.637. The molecule has 0 aliphatic heterocycles. The Hall–Kier alpha value is -1.67. The van der Waals surface area contributed by atoms with Gasteiger partial charge in [-0.3, -0.25) is 0 Å². The van der Waals surface area contributed by atoms with Crippen molar-refractivity contribution < 1.29 is 4.74 Å². The number of hydrogen-bond donors (Lipinski definition) is 1. The zero-order valence-electron chi connectivity index (χ0n) is 9.83. The van der Waals surface area contributed by atoms with Gasteiger partial charge in [0.05, 0.1) is 12.8 Å². The highest BCUT2D eigenvalue weighted by atomic mass is 35.5. The van der Waals surface area contributed by atoms with Crippen molar-refractivity contribution >= 4 is 17.3 Å². The van der Waals surface area contributed by atoms with E-state index in [1.165, 1.54) is 0 Å². The lowest BCUT2D eigenvalue weighted by Gasteiger charge is -2.08. The average Bonchev–Trinajstić information content (AvgIpc) is 2.32. The molecule has 2 aromatic carbocycles. The van der Waals surface area contributed by atoms with Crippen molar-refractivity contribution in [1.82, 2.24) is 0 Å². The minimum atomic E-state index is 0.637. The van der Waals surface area contributed by atoms with Gasteiger partial charge in [-0.05, 0) is 47.9 Å². The van der Waals surface area contributed by atoms with Crippen molar-refractivity contribution in [2.45, 2.75) is 6.92 Å². The predicted octanol–water partition coefficient (Wildman–Crippen LogP) is 3.91. The second kappa shape index (κ2) is 4.68. The Labute approximate surface area is 106 Å². The van der Waals surface area contributed by atoms with E-state index < -0.39 is 0 Å². The molecule has 0 unspecified atom stereocenters. The smallest absolute Gasteiger partial charge is 0.141 e. The molecule has 0 heterocycles. The summed E-state index contributed by atoms with van der Waals surface area (Å²) in [6, 6.07) is 11.7. The lowest BCUT2D eigenvalue weighted by Crippen LogP contribution is -1.92. The van der Waals surface area contributed by atoms with Gasteiger partial charge in [0, 0.05) is 5.02 Å². The van der Waals surface area contributed by atoms with E-state index in [9.17, 15) is 0 Å². The number of aryl methyl sites for hydroxylation is 1. The molecule has 88 valence electrons. The Kier molecular flexibility index (Phi) is 3.25. The molecule has 0 aliphatic rings. The van der Waals surface area contributed by atoms with E-state index >= 15 is 0 Å². The summed E-state index contributed by atoms with van der Waals surface area (Å²) >= 11 is 6.00. The van der Waals surface area contributed by atoms with Gasteiger partial charge in [-0.15, -0.1) is 0 Å². The Balaban J connectivity index is 2.46. The third-order valence-electron chi connectivity index (χ3n) is 2.72. The number of halogens is 1. The van der Waals surface area contributed by atoms with Crippen LogP contribution in [0.25, 0.3) is 11.1 Å². The topological polar surface area (TPSA) is 35.2 Å². The summed E-state index contributed by atoms with van der Waals surface area (Å²) in [4.78, 5) is 0. The van der Waals surface area contributed by atoms with Crippen LogP contribution in [0.5, 0.6) is 5.75 Å². The van der Waals surface area contributed by atoms with Gasteiger partial charge in [-0.2, -0.15) is 0 Å². The lowest BCUT2D eigenvalue weighted by atomic mass is 10.0. The van der Waals surface area contributed by atoms with Crippen LogP contribution in [0.3, 0.4) is 0 Å². The van der Waals surface area contributed by atoms with Crippen LogP contribution in [-0.2, 0) is 0 Å². The molecule has 2 N–H and O–H groups in total. The van der Waals surface area contributed by atoms with Crippen LogP contribution in [0.1, 0.15) is 5.56 Å². The zero-order valence-corrected chi connectivity index (χ0v) is 10.6. The monoisotopic (exact) mass is 247 g/mol. The molecule has 17 heavy (non-hydrogen) atoms. The minimum Gasteiger partial charge on any atom is -0.495 e. The maximum atomic E-state index is 6.00. The summed E-state index contributed by atoms with van der Waals surface area (Å²) in [6.07, 6.45) is 0. The van der Waals surface area contributed by atoms with Gasteiger partial charge in [0.2, 0.25) is 0 Å². The van der Waals surface area contributed by atoms with Gasteiger partial charge in [-0.25, -0.2) is 0 Å². The number of methoxy groups -OCH3 is 1. The van der Waals surface area contributed by atoms with Gasteiger partial charge in [0.1, 0.15) is 5.75 Å². The molecule has 0 aliphatic carbocycles. The summed E-state index contributed by atoms with van der Waals surface area (Å²) in [5, 5.41) is 0.773. The van der Waals surface area contributed by atoms with Crippen LogP contribution < -0.4 is 10.5 Å². The molecule has 2 rings (SSSR count). The summed E-state index contributed by atoms with van der Waals surface area (Å²) < 4.78 is 5.13. The first-order chi connectivity index (χ1) is 8.11. The third kappa shape index (κ3) is 2.37. The van der Waals surface area contributed by atoms with Crippen LogP contribution in [-0.4, -0.2) is 7.11 Å². The number of nitrogen functional groups attached to an aromatic ring is 1. The van der Waals surface area contributed by atoms with E-state index in [2.05, 4.69) is 0 Å². The molecule has 0 saturated heterocycles. The SMILES string of the molecule is COc1ccc(-c2ccc(Cl)c(C)c2)cc1N. The summed E-state index contributed by atoms with van der Waals surface area (Å²) in [5.74, 6) is 0.694. The second-order valence-electron chi connectivity index (χ2n) is 3.92. The molecule has 0 radical (unpaired) electrons. The maximum Gasteiger partial charge on any atom is 0.141 e. The maximum absolute atomic E-state index is 6.00. The highest BCUT2D eigenvalue weighted by Gasteiger charge is 2.04. The molecule has 0 bridgehead atoms. The van der Waals surface area contributed by atoms with Crippen molar-refractivity contribution in [1.29, 1.82) is 0 Å². The van der Waals surface area contributed by atoms with E-state index in [1.807, 2.05) is 43.3 Å². The molecular weight excluding hydrogens is 234 g/mol. The molecule has 0 fully saturated rings. The predicted molar refractivity (Wildman–Crippen MR) is 72.6 cm³/mol. The number of hydrogen-bond acceptors (Lipinski definition) is 2. The zero-order chi connectivity index (χ0) is 12.4. The molecule has 2 aromatic rings. The fourth-order valence-corrected chi connectivity index (χ4v) is 1.86. The average molecular weight is 248 g/mol. The number of rotatable bonds is 2. The highest BCUT2D eigenvalue weighted by Crippen LogP contribution is 2.30. The molecular formula is C14H14ClNO. The van der Waals surface area contributed by atoms with Crippen molar-refractivity contribution in [3.05, 3.63) is 47.0 Å². The fourth-order valence-electron chi connectivity index (χ4n) is 1.74. The quantitative estimate of drug-likeness (QED) is 0.817. The van der Waals surface area contributed by atoms with Crippen molar-refractivity contribution in [3.8, 4) is 16.9 Å². The van der Waals surface area contributed by atoms with Crippen LogP contribution in [0.4, 0.5) is 5.69 Å². The molecule has 0 spiro atoms. The Morgan fingerprint density at radius 1 is 1.06 bits per heavy atom. The van der Waals surface area contributed by atoms with E-state index in [0.29, 0.717) is 11.4 Å². The van der Waals surface area contributed by atoms with E-state index in [-0.39, 0.29) is 0 Å². The number of nitrogens with two attached hydrogens (primary N) is 1. The van der Waals surface area contributed by atoms with E-state index in [0.717, 1.165) is 21.7 Å². The Morgan fingerprint density at radius 3 is 2.29 bits per heavy atom. The number of ether oxygens (including phenoxy) is 1. The third-order valence-corrected chi connectivity index (χ3v) is 3.15. The van der Waals surface area contributed by atoms with Gasteiger partial charge < -0.3 is 10.5 Å². The first-order valence-electron chi connectivity index (χ1n) is 5.32. The summed E-state index contributed by atoms with van der Waals surface area (Å²) in [6.45, 7) is 1.98. The van der Waals surface area contributed by atoms with Crippen LogP contribution in [0.2, 0.25) is 5.02 Å². The summed E-state index contributed by atoms with van der Waals surface area (Å²) in [5.41, 5.74) is 9.73. The fraction of sp³-hybridized carbons (Fsp3) is 0.143. The highest BCUT2D eigenvalue weighted by molar-refractivity contribution is 6.31. The van der Waals surface area contributed by atoms with Crippen LogP contribution in [0.15, 0.2) is 36.4 Å².